The maximum Gasteiger partial charge on any atom is 0.333 e. The van der Waals surface area contributed by atoms with Crippen LogP contribution in [0.25, 0.3) is 0 Å². The van der Waals surface area contributed by atoms with Crippen molar-refractivity contribution in [3.63, 3.8) is 0 Å². The molecular weight excluding hydrogens is 270 g/mol. The fraction of sp³-hybridized carbons (Fsp3) is 0.538. The molecule has 0 aliphatic heterocycles. The number of allylic oxidation sites excluding steroid dienone is 1. The summed E-state index contributed by atoms with van der Waals surface area (Å²) < 4.78 is 9.61. The van der Waals surface area contributed by atoms with E-state index in [1.165, 1.54) is 7.11 Å². The van der Waals surface area contributed by atoms with Crippen LogP contribution in [-0.4, -0.2) is 25.7 Å². The van der Waals surface area contributed by atoms with E-state index in [1.54, 1.807) is 6.92 Å². The Morgan fingerprint density at radius 3 is 2.00 bits per heavy atom. The Kier molecular flexibility index (Phi) is 14.1. The average molecular weight is 294 g/mol. The summed E-state index contributed by atoms with van der Waals surface area (Å²) in [6.45, 7) is 9.06. The molecule has 19 heavy (non-hydrogen) atoms. The van der Waals surface area contributed by atoms with Crippen molar-refractivity contribution in [3.8, 4) is 0 Å². The number of hydrogen-bond acceptors (Lipinski definition) is 5. The maximum atomic E-state index is 11.4. The van der Waals surface area contributed by atoms with Crippen molar-refractivity contribution in [1.29, 1.82) is 0 Å². The van der Waals surface area contributed by atoms with Gasteiger partial charge in [-0.3, -0.25) is 0 Å². The molecule has 0 rings (SSSR count). The number of carbonyl (C=O) groups excluding carboxylic acids is 2. The van der Waals surface area contributed by atoms with Crippen LogP contribution in [0.1, 0.15) is 33.6 Å². The van der Waals surface area contributed by atoms with Crippen LogP contribution in [0.3, 0.4) is 0 Å². The first-order chi connectivity index (χ1) is 7.90. The first-order valence-corrected chi connectivity index (χ1v) is 5.47. The van der Waals surface area contributed by atoms with Gasteiger partial charge in [-0.15, -0.1) is 12.4 Å². The predicted molar refractivity (Wildman–Crippen MR) is 77.7 cm³/mol. The van der Waals surface area contributed by atoms with E-state index in [0.29, 0.717) is 24.0 Å². The zero-order chi connectivity index (χ0) is 13.4. The Hall–Kier alpha value is -1.33. The molecule has 0 radical (unpaired) electrons. The van der Waals surface area contributed by atoms with Gasteiger partial charge < -0.3 is 15.6 Å². The van der Waals surface area contributed by atoms with Gasteiger partial charge in [-0.25, -0.2) is 9.59 Å². The molecule has 0 saturated heterocycles. The lowest BCUT2D eigenvalue weighted by Crippen LogP contribution is -2.10. The summed E-state index contributed by atoms with van der Waals surface area (Å²) >= 11 is 0. The molecule has 0 aromatic rings. The second-order valence-corrected chi connectivity index (χ2v) is 3.99. The van der Waals surface area contributed by atoms with E-state index in [9.17, 15) is 9.59 Å². The Bertz CT molecular complexity index is 347. The molecule has 0 spiro atoms. The lowest BCUT2D eigenvalue weighted by atomic mass is 10.1. The zero-order valence-corrected chi connectivity index (χ0v) is 12.9. The molecule has 0 fully saturated rings. The molecule has 0 aliphatic rings. The standard InChI is InChI=1S/C13H20O4.ClH.H3N/c1-9(2)11(13(15)16-5)7-6-8-17-12(14)10(3)4;;/h3,6-8H2,1-2,4-5H3;1H;1H3. The van der Waals surface area contributed by atoms with Gasteiger partial charge in [0.2, 0.25) is 0 Å². The fourth-order valence-electron chi connectivity index (χ4n) is 1.22. The van der Waals surface area contributed by atoms with Crippen LogP contribution >= 0.6 is 12.4 Å². The van der Waals surface area contributed by atoms with Crippen molar-refractivity contribution < 1.29 is 19.1 Å². The van der Waals surface area contributed by atoms with Gasteiger partial charge in [-0.2, -0.15) is 0 Å². The van der Waals surface area contributed by atoms with Crippen molar-refractivity contribution >= 4 is 24.3 Å². The largest absolute Gasteiger partial charge is 0.466 e. The van der Waals surface area contributed by atoms with Gasteiger partial charge in [0.25, 0.3) is 0 Å². The maximum absolute atomic E-state index is 11.4. The van der Waals surface area contributed by atoms with Gasteiger partial charge in [0.1, 0.15) is 0 Å². The van der Waals surface area contributed by atoms with E-state index in [-0.39, 0.29) is 31.1 Å². The van der Waals surface area contributed by atoms with Gasteiger partial charge in [0.05, 0.1) is 13.7 Å². The minimum Gasteiger partial charge on any atom is -0.466 e. The summed E-state index contributed by atoms with van der Waals surface area (Å²) in [6, 6.07) is 0. The fourth-order valence-corrected chi connectivity index (χ4v) is 1.22. The van der Waals surface area contributed by atoms with Gasteiger partial charge >= 0.3 is 11.9 Å². The van der Waals surface area contributed by atoms with Crippen molar-refractivity contribution in [2.24, 2.45) is 0 Å². The molecule has 3 N–H and O–H groups in total. The number of rotatable bonds is 6. The Morgan fingerprint density at radius 1 is 1.11 bits per heavy atom. The Balaban J connectivity index is -0.00000128. The molecular formula is C13H24ClNO4. The number of ether oxygens (including phenoxy) is 2. The van der Waals surface area contributed by atoms with Crippen LogP contribution in [0.5, 0.6) is 0 Å². The zero-order valence-electron chi connectivity index (χ0n) is 12.1. The van der Waals surface area contributed by atoms with E-state index < -0.39 is 5.97 Å². The third kappa shape index (κ3) is 9.27. The average Bonchev–Trinajstić information content (AvgIpc) is 2.27. The highest BCUT2D eigenvalue weighted by Gasteiger charge is 2.11. The summed E-state index contributed by atoms with van der Waals surface area (Å²) in [5, 5.41) is 0. The minimum atomic E-state index is -0.401. The quantitative estimate of drug-likeness (QED) is 0.462. The SMILES string of the molecule is C=C(C)C(=O)OCCCC(C(=O)OC)=C(C)C.Cl.N. The number of esters is 2. The molecule has 0 atom stereocenters. The van der Waals surface area contributed by atoms with Crippen molar-refractivity contribution in [3.05, 3.63) is 23.3 Å². The normalized spacial score (nSPS) is 8.42. The van der Waals surface area contributed by atoms with E-state index in [0.717, 1.165) is 5.57 Å². The second-order valence-electron chi connectivity index (χ2n) is 3.99. The third-order valence-electron chi connectivity index (χ3n) is 2.19. The van der Waals surface area contributed by atoms with Crippen molar-refractivity contribution in [2.45, 2.75) is 33.6 Å². The van der Waals surface area contributed by atoms with Gasteiger partial charge in [-0.05, 0) is 33.6 Å². The van der Waals surface area contributed by atoms with E-state index in [2.05, 4.69) is 11.3 Å². The first-order valence-electron chi connectivity index (χ1n) is 5.47. The number of halogens is 1. The summed E-state index contributed by atoms with van der Waals surface area (Å²) in [5.41, 5.74) is 1.93. The first kappa shape index (κ1) is 22.8. The molecule has 6 heteroatoms. The summed E-state index contributed by atoms with van der Waals surface area (Å²) in [6.07, 6.45) is 1.13. The Morgan fingerprint density at radius 2 is 1.63 bits per heavy atom. The van der Waals surface area contributed by atoms with Crippen molar-refractivity contribution in [2.75, 3.05) is 13.7 Å². The molecule has 0 amide bonds. The highest BCUT2D eigenvalue weighted by molar-refractivity contribution is 5.89. The summed E-state index contributed by atoms with van der Waals surface area (Å²) in [7, 11) is 1.35. The van der Waals surface area contributed by atoms with E-state index in [1.807, 2.05) is 13.8 Å². The molecule has 0 heterocycles. The molecule has 0 saturated carbocycles. The number of carbonyl (C=O) groups is 2. The molecule has 0 aliphatic carbocycles. The van der Waals surface area contributed by atoms with Gasteiger partial charge in [-0.1, -0.05) is 12.2 Å². The highest BCUT2D eigenvalue weighted by Crippen LogP contribution is 2.12. The topological polar surface area (TPSA) is 87.6 Å². The molecule has 5 nitrogen and oxygen atoms in total. The molecule has 0 bridgehead atoms. The van der Waals surface area contributed by atoms with Gasteiger partial charge in [0, 0.05) is 11.1 Å². The van der Waals surface area contributed by atoms with E-state index in [4.69, 9.17) is 4.74 Å². The molecule has 0 aromatic heterocycles. The molecule has 0 unspecified atom stereocenters. The van der Waals surface area contributed by atoms with Crippen LogP contribution in [-0.2, 0) is 19.1 Å². The summed E-state index contributed by atoms with van der Waals surface area (Å²) in [5.74, 6) is -0.724. The smallest absolute Gasteiger partial charge is 0.333 e. The second kappa shape index (κ2) is 11.7. The lowest BCUT2D eigenvalue weighted by Gasteiger charge is -2.08. The Labute approximate surface area is 121 Å². The summed E-state index contributed by atoms with van der Waals surface area (Å²) in [4.78, 5) is 22.5. The van der Waals surface area contributed by atoms with Crippen LogP contribution < -0.4 is 6.15 Å². The van der Waals surface area contributed by atoms with E-state index >= 15 is 0 Å². The predicted octanol–water partition coefficient (Wildman–Crippen LogP) is 2.98. The van der Waals surface area contributed by atoms with Crippen molar-refractivity contribution in [1.82, 2.24) is 6.15 Å². The number of hydrogen-bond donors (Lipinski definition) is 1. The minimum absolute atomic E-state index is 0. The number of methoxy groups -OCH3 is 1. The lowest BCUT2D eigenvalue weighted by molar-refractivity contribution is -0.139. The van der Waals surface area contributed by atoms with Gasteiger partial charge in [0.15, 0.2) is 0 Å². The van der Waals surface area contributed by atoms with Crippen LogP contribution in [0.2, 0.25) is 0 Å². The third-order valence-corrected chi connectivity index (χ3v) is 2.19. The van der Waals surface area contributed by atoms with Crippen LogP contribution in [0.15, 0.2) is 23.3 Å². The highest BCUT2D eigenvalue weighted by atomic mass is 35.5. The van der Waals surface area contributed by atoms with Crippen LogP contribution in [0.4, 0.5) is 0 Å². The monoisotopic (exact) mass is 293 g/mol. The van der Waals surface area contributed by atoms with Crippen LogP contribution in [0, 0.1) is 0 Å². The molecule has 0 aromatic carbocycles. The molecule has 112 valence electrons.